The molecule has 0 N–H and O–H groups in total. The largest absolute Gasteiger partial charge is 0.494 e. The Hall–Kier alpha value is -4.39. The molecule has 0 aliphatic carbocycles. The molecule has 182 valence electrons. The topological polar surface area (TPSA) is 86.0 Å². The second-order valence-corrected chi connectivity index (χ2v) is 8.52. The molecular weight excluding hydrogens is 458 g/mol. The lowest BCUT2D eigenvalue weighted by Crippen LogP contribution is -2.29. The molecule has 7 nitrogen and oxygen atoms in total. The number of ether oxygens (including phenoxy) is 2. The lowest BCUT2D eigenvalue weighted by molar-refractivity contribution is 0.0526. The molecule has 0 spiro atoms. The Morgan fingerprint density at radius 2 is 1.75 bits per heavy atom. The SMILES string of the molecule is CCOC(=O)c1ccc(N2C(=O)c3oc4ccc(C)cc4c(=O)c3C2c2cccc(OCC)c2)cc1. The van der Waals surface area contributed by atoms with Gasteiger partial charge < -0.3 is 13.9 Å². The molecule has 36 heavy (non-hydrogen) atoms. The number of amides is 1. The Morgan fingerprint density at radius 3 is 2.47 bits per heavy atom. The number of carbonyl (C=O) groups excluding carboxylic acids is 2. The molecule has 3 aromatic carbocycles. The van der Waals surface area contributed by atoms with E-state index >= 15 is 0 Å². The molecule has 2 heterocycles. The van der Waals surface area contributed by atoms with Crippen LogP contribution in [0.25, 0.3) is 11.0 Å². The molecule has 0 fully saturated rings. The fourth-order valence-corrected chi connectivity index (χ4v) is 4.58. The molecule has 1 aliphatic heterocycles. The van der Waals surface area contributed by atoms with Crippen molar-refractivity contribution >= 4 is 28.5 Å². The number of hydrogen-bond acceptors (Lipinski definition) is 6. The van der Waals surface area contributed by atoms with Crippen LogP contribution >= 0.6 is 0 Å². The van der Waals surface area contributed by atoms with E-state index < -0.39 is 17.9 Å². The van der Waals surface area contributed by atoms with Gasteiger partial charge in [-0.3, -0.25) is 14.5 Å². The Balaban J connectivity index is 1.71. The summed E-state index contributed by atoms with van der Waals surface area (Å²) in [6, 6.07) is 18.5. The summed E-state index contributed by atoms with van der Waals surface area (Å²) >= 11 is 0. The average molecular weight is 484 g/mol. The van der Waals surface area contributed by atoms with Crippen LogP contribution in [0.3, 0.4) is 0 Å². The zero-order valence-electron chi connectivity index (χ0n) is 20.2. The van der Waals surface area contributed by atoms with Crippen molar-refractivity contribution in [2.75, 3.05) is 18.1 Å². The molecular formula is C29H25NO6. The summed E-state index contributed by atoms with van der Waals surface area (Å²) < 4.78 is 16.8. The molecule has 5 rings (SSSR count). The minimum Gasteiger partial charge on any atom is -0.494 e. The van der Waals surface area contributed by atoms with Crippen molar-refractivity contribution < 1.29 is 23.5 Å². The third-order valence-electron chi connectivity index (χ3n) is 6.17. The Morgan fingerprint density at radius 1 is 0.972 bits per heavy atom. The van der Waals surface area contributed by atoms with Gasteiger partial charge in [-0.25, -0.2) is 4.79 Å². The monoisotopic (exact) mass is 483 g/mol. The van der Waals surface area contributed by atoms with E-state index in [9.17, 15) is 14.4 Å². The molecule has 7 heteroatoms. The van der Waals surface area contributed by atoms with Crippen molar-refractivity contribution in [2.45, 2.75) is 26.8 Å². The molecule has 0 saturated heterocycles. The number of rotatable bonds is 6. The van der Waals surface area contributed by atoms with Gasteiger partial charge in [0.05, 0.1) is 35.8 Å². The minimum atomic E-state index is -0.734. The van der Waals surface area contributed by atoms with Crippen molar-refractivity contribution in [3.63, 3.8) is 0 Å². The molecule has 4 aromatic rings. The lowest BCUT2D eigenvalue weighted by atomic mass is 9.97. The molecule has 1 unspecified atom stereocenters. The normalized spacial score (nSPS) is 14.7. The predicted molar refractivity (Wildman–Crippen MR) is 136 cm³/mol. The van der Waals surface area contributed by atoms with Crippen LogP contribution in [-0.2, 0) is 4.74 Å². The van der Waals surface area contributed by atoms with Gasteiger partial charge in [-0.05, 0) is 74.9 Å². The number of benzene rings is 3. The van der Waals surface area contributed by atoms with Crippen LogP contribution in [0, 0.1) is 6.92 Å². The van der Waals surface area contributed by atoms with E-state index in [2.05, 4.69) is 0 Å². The van der Waals surface area contributed by atoms with E-state index in [0.29, 0.717) is 40.1 Å². The maximum Gasteiger partial charge on any atom is 0.338 e. The van der Waals surface area contributed by atoms with Gasteiger partial charge in [-0.15, -0.1) is 0 Å². The van der Waals surface area contributed by atoms with Crippen LogP contribution in [-0.4, -0.2) is 25.1 Å². The summed E-state index contributed by atoms with van der Waals surface area (Å²) in [5, 5.41) is 0.423. The summed E-state index contributed by atoms with van der Waals surface area (Å²) in [6.45, 7) is 6.27. The van der Waals surface area contributed by atoms with Crippen molar-refractivity contribution in [2.24, 2.45) is 0 Å². The van der Waals surface area contributed by atoms with Gasteiger partial charge >= 0.3 is 5.97 Å². The van der Waals surface area contributed by atoms with Crippen LogP contribution in [0.4, 0.5) is 5.69 Å². The summed E-state index contributed by atoms with van der Waals surface area (Å²) in [4.78, 5) is 41.2. The Labute approximate surface area is 207 Å². The van der Waals surface area contributed by atoms with Crippen molar-refractivity contribution in [3.8, 4) is 5.75 Å². The first-order valence-corrected chi connectivity index (χ1v) is 11.8. The third-order valence-corrected chi connectivity index (χ3v) is 6.17. The molecule has 1 amide bonds. The number of carbonyl (C=O) groups is 2. The van der Waals surface area contributed by atoms with Gasteiger partial charge in [-0.1, -0.05) is 23.8 Å². The zero-order valence-corrected chi connectivity index (χ0v) is 20.2. The molecule has 1 aliphatic rings. The second kappa shape index (κ2) is 9.34. The highest BCUT2D eigenvalue weighted by Crippen LogP contribution is 2.42. The highest BCUT2D eigenvalue weighted by Gasteiger charge is 2.43. The summed E-state index contributed by atoms with van der Waals surface area (Å²) in [5.41, 5.74) is 2.91. The zero-order chi connectivity index (χ0) is 25.4. The number of hydrogen-bond donors (Lipinski definition) is 0. The fourth-order valence-electron chi connectivity index (χ4n) is 4.58. The fraction of sp³-hybridized carbons (Fsp3) is 0.207. The number of nitrogens with zero attached hydrogens (tertiary/aromatic N) is 1. The van der Waals surface area contributed by atoms with Gasteiger partial charge in [0.2, 0.25) is 5.76 Å². The van der Waals surface area contributed by atoms with Crippen molar-refractivity contribution in [1.82, 2.24) is 0 Å². The first kappa shape index (κ1) is 23.4. The van der Waals surface area contributed by atoms with E-state index in [1.54, 1.807) is 43.3 Å². The van der Waals surface area contributed by atoms with Gasteiger partial charge in [-0.2, -0.15) is 0 Å². The summed E-state index contributed by atoms with van der Waals surface area (Å²) in [6.07, 6.45) is 0. The first-order chi connectivity index (χ1) is 17.4. The van der Waals surface area contributed by atoms with Crippen LogP contribution in [0.1, 0.15) is 57.5 Å². The van der Waals surface area contributed by atoms with Crippen LogP contribution in [0.15, 0.2) is 75.9 Å². The van der Waals surface area contributed by atoms with Crippen LogP contribution in [0.5, 0.6) is 5.75 Å². The molecule has 1 aromatic heterocycles. The molecule has 1 atom stereocenters. The average Bonchev–Trinajstić information content (AvgIpc) is 3.17. The third kappa shape index (κ3) is 3.92. The number of aryl methyl sites for hydroxylation is 1. The van der Waals surface area contributed by atoms with Gasteiger partial charge in [0.15, 0.2) is 5.43 Å². The summed E-state index contributed by atoms with van der Waals surface area (Å²) in [7, 11) is 0. The number of fused-ring (bicyclic) bond motifs is 2. The van der Waals surface area contributed by atoms with Crippen LogP contribution in [0.2, 0.25) is 0 Å². The quantitative estimate of drug-likeness (QED) is 0.340. The lowest BCUT2D eigenvalue weighted by Gasteiger charge is -2.25. The van der Waals surface area contributed by atoms with Crippen molar-refractivity contribution in [1.29, 1.82) is 0 Å². The van der Waals surface area contributed by atoms with Gasteiger partial charge in [0.25, 0.3) is 5.91 Å². The van der Waals surface area contributed by atoms with Gasteiger partial charge in [0.1, 0.15) is 11.3 Å². The Kier molecular flexibility index (Phi) is 6.06. The second-order valence-electron chi connectivity index (χ2n) is 8.52. The molecule has 0 bridgehead atoms. The summed E-state index contributed by atoms with van der Waals surface area (Å²) in [5.74, 6) is -0.230. The highest BCUT2D eigenvalue weighted by molar-refractivity contribution is 6.10. The number of anilines is 1. The van der Waals surface area contributed by atoms with E-state index in [1.807, 2.05) is 44.2 Å². The molecule has 0 saturated carbocycles. The highest BCUT2D eigenvalue weighted by atomic mass is 16.5. The standard InChI is InChI=1S/C29H25NO6/c1-4-34-21-8-6-7-19(16-21)25-24-26(31)22-15-17(3)9-14-23(22)36-27(24)28(32)30(25)20-12-10-18(11-13-20)29(33)35-5-2/h6-16,25H,4-5H2,1-3H3. The van der Waals surface area contributed by atoms with E-state index in [-0.39, 0.29) is 23.4 Å². The van der Waals surface area contributed by atoms with Gasteiger partial charge in [0, 0.05) is 5.69 Å². The predicted octanol–water partition coefficient (Wildman–Crippen LogP) is 5.43. The smallest absolute Gasteiger partial charge is 0.338 e. The minimum absolute atomic E-state index is 0.0117. The maximum absolute atomic E-state index is 13.8. The number of esters is 1. The molecule has 0 radical (unpaired) electrons. The van der Waals surface area contributed by atoms with E-state index in [1.165, 1.54) is 4.90 Å². The van der Waals surface area contributed by atoms with E-state index in [0.717, 1.165) is 5.56 Å². The maximum atomic E-state index is 13.8. The Bertz CT molecular complexity index is 1540. The van der Waals surface area contributed by atoms with Crippen LogP contribution < -0.4 is 15.1 Å². The van der Waals surface area contributed by atoms with Crippen molar-refractivity contribution in [3.05, 3.63) is 105 Å². The van der Waals surface area contributed by atoms with E-state index in [4.69, 9.17) is 13.9 Å². The first-order valence-electron chi connectivity index (χ1n) is 11.8.